The number of hydrogen-bond donors (Lipinski definition) is 1. The lowest BCUT2D eigenvalue weighted by Crippen LogP contribution is -2.37. The Morgan fingerprint density at radius 2 is 1.79 bits per heavy atom. The highest BCUT2D eigenvalue weighted by atomic mass is 16.5. The van der Waals surface area contributed by atoms with Crippen LogP contribution in [0.2, 0.25) is 0 Å². The number of para-hydroxylation sites is 1. The number of ether oxygens (including phenoxy) is 1. The van der Waals surface area contributed by atoms with Gasteiger partial charge in [0.25, 0.3) is 5.91 Å². The van der Waals surface area contributed by atoms with Crippen LogP contribution in [0.25, 0.3) is 0 Å². The molecule has 1 atom stereocenters. The van der Waals surface area contributed by atoms with E-state index in [2.05, 4.69) is 5.32 Å². The van der Waals surface area contributed by atoms with Gasteiger partial charge in [-0.2, -0.15) is 0 Å². The second-order valence-corrected chi connectivity index (χ2v) is 7.64. The minimum Gasteiger partial charge on any atom is -0.494 e. The number of nitrogens with one attached hydrogen (secondary N) is 1. The van der Waals surface area contributed by atoms with Crippen LogP contribution < -0.4 is 15.0 Å². The zero-order valence-corrected chi connectivity index (χ0v) is 18.3. The molecule has 0 unspecified atom stereocenters. The molecule has 4 amide bonds. The molecule has 2 heterocycles. The van der Waals surface area contributed by atoms with Gasteiger partial charge in [0.15, 0.2) is 0 Å². The van der Waals surface area contributed by atoms with Crippen molar-refractivity contribution in [1.82, 2.24) is 4.90 Å². The molecule has 0 radical (unpaired) electrons. The van der Waals surface area contributed by atoms with Crippen LogP contribution in [-0.2, 0) is 16.1 Å². The Kier molecular flexibility index (Phi) is 6.73. The fourth-order valence-corrected chi connectivity index (χ4v) is 3.64. The maximum atomic E-state index is 13.2. The van der Waals surface area contributed by atoms with Crippen molar-refractivity contribution in [2.45, 2.75) is 32.4 Å². The van der Waals surface area contributed by atoms with E-state index in [1.54, 1.807) is 66.7 Å². The molecule has 1 aliphatic heterocycles. The lowest BCUT2D eigenvalue weighted by molar-refractivity contribution is -0.124. The van der Waals surface area contributed by atoms with Gasteiger partial charge in [0.05, 0.1) is 31.5 Å². The van der Waals surface area contributed by atoms with Gasteiger partial charge in [-0.25, -0.2) is 9.69 Å². The summed E-state index contributed by atoms with van der Waals surface area (Å²) >= 11 is 0. The molecule has 1 aromatic heterocycles. The first-order valence-corrected chi connectivity index (χ1v) is 10.8. The normalized spacial score (nSPS) is 15.7. The van der Waals surface area contributed by atoms with Crippen LogP contribution in [0.3, 0.4) is 0 Å². The molecule has 8 heteroatoms. The predicted octanol–water partition coefficient (Wildman–Crippen LogP) is 4.43. The summed E-state index contributed by atoms with van der Waals surface area (Å²) in [6, 6.07) is 17.7. The van der Waals surface area contributed by atoms with Gasteiger partial charge >= 0.3 is 6.03 Å². The first-order chi connectivity index (χ1) is 16.1. The summed E-state index contributed by atoms with van der Waals surface area (Å²) in [5.74, 6) is 0.424. The fourth-order valence-electron chi connectivity index (χ4n) is 3.64. The number of carbonyl (C=O) groups excluding carboxylic acids is 3. The Hall–Kier alpha value is -4.07. The van der Waals surface area contributed by atoms with Crippen molar-refractivity contribution in [2.24, 2.45) is 0 Å². The molecule has 1 fully saturated rings. The summed E-state index contributed by atoms with van der Waals surface area (Å²) in [4.78, 5) is 41.7. The van der Waals surface area contributed by atoms with Crippen LogP contribution in [0, 0.1) is 0 Å². The summed E-state index contributed by atoms with van der Waals surface area (Å²) in [7, 11) is 0. The molecule has 0 saturated carbocycles. The van der Waals surface area contributed by atoms with Gasteiger partial charge in [-0.15, -0.1) is 0 Å². The average Bonchev–Trinajstić information content (AvgIpc) is 3.42. The van der Waals surface area contributed by atoms with Gasteiger partial charge in [0.1, 0.15) is 17.6 Å². The van der Waals surface area contributed by atoms with Crippen molar-refractivity contribution in [3.05, 3.63) is 78.8 Å². The van der Waals surface area contributed by atoms with E-state index in [-0.39, 0.29) is 18.9 Å². The monoisotopic (exact) mass is 447 g/mol. The quantitative estimate of drug-likeness (QED) is 0.490. The average molecular weight is 447 g/mol. The van der Waals surface area contributed by atoms with E-state index in [0.29, 0.717) is 23.7 Å². The maximum Gasteiger partial charge on any atom is 0.332 e. The summed E-state index contributed by atoms with van der Waals surface area (Å²) in [5, 5.41) is 2.79. The molecule has 1 aliphatic rings. The maximum absolute atomic E-state index is 13.2. The summed E-state index contributed by atoms with van der Waals surface area (Å²) in [5.41, 5.74) is 1.04. The second-order valence-electron chi connectivity index (χ2n) is 7.64. The third kappa shape index (κ3) is 5.06. The molecule has 1 N–H and O–H groups in total. The van der Waals surface area contributed by atoms with E-state index in [4.69, 9.17) is 9.15 Å². The third-order valence-corrected chi connectivity index (χ3v) is 5.23. The van der Waals surface area contributed by atoms with E-state index in [0.717, 1.165) is 17.1 Å². The van der Waals surface area contributed by atoms with Crippen LogP contribution in [0.4, 0.5) is 16.2 Å². The van der Waals surface area contributed by atoms with Crippen LogP contribution in [0.1, 0.15) is 25.5 Å². The molecule has 2 aromatic carbocycles. The number of urea groups is 1. The molecular formula is C25H25N3O5. The van der Waals surface area contributed by atoms with Gasteiger partial charge in [0, 0.05) is 5.69 Å². The lowest BCUT2D eigenvalue weighted by atomic mass is 10.1. The van der Waals surface area contributed by atoms with E-state index in [9.17, 15) is 14.4 Å². The van der Waals surface area contributed by atoms with E-state index in [1.807, 2.05) is 6.92 Å². The van der Waals surface area contributed by atoms with Crippen molar-refractivity contribution in [3.63, 3.8) is 0 Å². The number of imide groups is 1. The number of rotatable bonds is 9. The number of amides is 4. The summed E-state index contributed by atoms with van der Waals surface area (Å²) in [6.45, 7) is 2.73. The Labute approximate surface area is 191 Å². The van der Waals surface area contributed by atoms with E-state index < -0.39 is 18.0 Å². The van der Waals surface area contributed by atoms with Gasteiger partial charge in [0.2, 0.25) is 5.91 Å². The van der Waals surface area contributed by atoms with Gasteiger partial charge in [-0.1, -0.05) is 25.1 Å². The van der Waals surface area contributed by atoms with Crippen LogP contribution >= 0.6 is 0 Å². The molecular weight excluding hydrogens is 422 g/mol. The van der Waals surface area contributed by atoms with Crippen LogP contribution in [-0.4, -0.2) is 35.4 Å². The minimum absolute atomic E-state index is 0.0856. The lowest BCUT2D eigenvalue weighted by Gasteiger charge is -2.20. The third-order valence-electron chi connectivity index (χ3n) is 5.23. The first-order valence-electron chi connectivity index (χ1n) is 10.8. The van der Waals surface area contributed by atoms with Crippen molar-refractivity contribution in [1.29, 1.82) is 0 Å². The van der Waals surface area contributed by atoms with Crippen molar-refractivity contribution >= 4 is 29.2 Å². The van der Waals surface area contributed by atoms with Gasteiger partial charge in [-0.3, -0.25) is 9.59 Å². The molecule has 4 rings (SSSR count). The molecule has 0 aliphatic carbocycles. The largest absolute Gasteiger partial charge is 0.494 e. The van der Waals surface area contributed by atoms with E-state index >= 15 is 0 Å². The molecule has 0 spiro atoms. The zero-order chi connectivity index (χ0) is 23.2. The number of furan rings is 1. The Morgan fingerprint density at radius 1 is 1.03 bits per heavy atom. The number of nitrogens with zero attached hydrogens (tertiary/aromatic N) is 2. The Bertz CT molecular complexity index is 1100. The number of hydrogen-bond acceptors (Lipinski definition) is 5. The number of carbonyl (C=O) groups is 3. The Morgan fingerprint density at radius 3 is 2.45 bits per heavy atom. The van der Waals surface area contributed by atoms with Crippen molar-refractivity contribution in [2.75, 3.05) is 16.8 Å². The molecule has 1 saturated heterocycles. The Balaban J connectivity index is 1.50. The van der Waals surface area contributed by atoms with Gasteiger partial charge < -0.3 is 19.4 Å². The molecule has 170 valence electrons. The van der Waals surface area contributed by atoms with E-state index in [1.165, 1.54) is 11.2 Å². The smallest absolute Gasteiger partial charge is 0.332 e. The topological polar surface area (TPSA) is 92.1 Å². The zero-order valence-electron chi connectivity index (χ0n) is 18.3. The molecule has 33 heavy (non-hydrogen) atoms. The highest BCUT2D eigenvalue weighted by Gasteiger charge is 2.46. The minimum atomic E-state index is -0.949. The summed E-state index contributed by atoms with van der Waals surface area (Å²) in [6.07, 6.45) is 2.23. The van der Waals surface area contributed by atoms with Gasteiger partial charge in [-0.05, 0) is 55.0 Å². The highest BCUT2D eigenvalue weighted by molar-refractivity contribution is 6.22. The number of anilines is 2. The van der Waals surface area contributed by atoms with Crippen molar-refractivity contribution < 1.29 is 23.5 Å². The number of benzene rings is 2. The second kappa shape index (κ2) is 10.0. The molecule has 0 bridgehead atoms. The highest BCUT2D eigenvalue weighted by Crippen LogP contribution is 2.28. The standard InChI is InChI=1S/C25H25N3O5/c1-2-14-32-20-12-10-18(11-13-20)26-23(29)16-22-24(30)28(19-7-4-3-5-8-19)25(31)27(22)17-21-9-6-15-33-21/h3-13,15,22H,2,14,16-17H2,1H3,(H,26,29)/t22-/m0/s1. The predicted molar refractivity (Wildman–Crippen MR) is 123 cm³/mol. The van der Waals surface area contributed by atoms with Crippen molar-refractivity contribution in [3.8, 4) is 5.75 Å². The van der Waals surface area contributed by atoms with Crippen LogP contribution in [0.5, 0.6) is 5.75 Å². The molecule has 8 nitrogen and oxygen atoms in total. The SMILES string of the molecule is CCCOc1ccc(NC(=O)C[C@H]2C(=O)N(c3ccccc3)C(=O)N2Cc2ccco2)cc1. The summed E-state index contributed by atoms with van der Waals surface area (Å²) < 4.78 is 10.9. The first kappa shape index (κ1) is 22.1. The molecule has 3 aromatic rings. The fraction of sp³-hybridized carbons (Fsp3) is 0.240. The van der Waals surface area contributed by atoms with Crippen LogP contribution in [0.15, 0.2) is 77.4 Å².